The van der Waals surface area contributed by atoms with Crippen LogP contribution in [-0.2, 0) is 9.53 Å². The third-order valence-electron chi connectivity index (χ3n) is 3.64. The van der Waals surface area contributed by atoms with Gasteiger partial charge >= 0.3 is 5.97 Å². The average molecular weight is 227 g/mol. The van der Waals surface area contributed by atoms with E-state index in [1.54, 1.807) is 0 Å². The van der Waals surface area contributed by atoms with Gasteiger partial charge in [0.1, 0.15) is 6.04 Å². The minimum atomic E-state index is -0.108. The molecule has 94 valence electrons. The van der Waals surface area contributed by atoms with Gasteiger partial charge in [-0.05, 0) is 33.7 Å². The van der Waals surface area contributed by atoms with E-state index in [0.717, 1.165) is 0 Å². The van der Waals surface area contributed by atoms with Gasteiger partial charge in [0, 0.05) is 6.04 Å². The highest BCUT2D eigenvalue weighted by atomic mass is 16.5. The van der Waals surface area contributed by atoms with Gasteiger partial charge in [-0.1, -0.05) is 25.7 Å². The number of rotatable bonds is 4. The molecule has 1 aliphatic carbocycles. The molecule has 0 heterocycles. The fraction of sp³-hybridized carbons (Fsp3) is 0.923. The van der Waals surface area contributed by atoms with Crippen LogP contribution in [0.2, 0.25) is 0 Å². The summed E-state index contributed by atoms with van der Waals surface area (Å²) in [6.45, 7) is 4.28. The number of hydrogen-bond acceptors (Lipinski definition) is 3. The monoisotopic (exact) mass is 227 g/mol. The minimum absolute atomic E-state index is 0.0887. The molecule has 0 N–H and O–H groups in total. The van der Waals surface area contributed by atoms with Gasteiger partial charge in [0.2, 0.25) is 0 Å². The smallest absolute Gasteiger partial charge is 0.323 e. The zero-order chi connectivity index (χ0) is 12.0. The predicted octanol–water partition coefficient (Wildman–Crippen LogP) is 2.59. The van der Waals surface area contributed by atoms with E-state index >= 15 is 0 Å². The van der Waals surface area contributed by atoms with E-state index in [0.29, 0.717) is 12.6 Å². The highest BCUT2D eigenvalue weighted by Crippen LogP contribution is 2.22. The second-order valence-electron chi connectivity index (χ2n) is 4.74. The standard InChI is InChI=1S/C13H25NO2/c1-4-16-13(15)11(2)14(3)12-9-7-5-6-8-10-12/h11-12H,4-10H2,1-3H3. The second kappa shape index (κ2) is 6.89. The van der Waals surface area contributed by atoms with Gasteiger partial charge in [0.25, 0.3) is 0 Å². The van der Waals surface area contributed by atoms with Crippen molar-refractivity contribution in [2.45, 2.75) is 64.5 Å². The topological polar surface area (TPSA) is 29.5 Å². The van der Waals surface area contributed by atoms with Crippen molar-refractivity contribution in [2.24, 2.45) is 0 Å². The summed E-state index contributed by atoms with van der Waals surface area (Å²) in [4.78, 5) is 13.8. The zero-order valence-electron chi connectivity index (χ0n) is 10.9. The molecule has 0 aromatic rings. The number of likely N-dealkylation sites (N-methyl/N-ethyl adjacent to an activating group) is 1. The van der Waals surface area contributed by atoms with Gasteiger partial charge in [-0.25, -0.2) is 0 Å². The summed E-state index contributed by atoms with van der Waals surface area (Å²) in [5, 5.41) is 0. The van der Waals surface area contributed by atoms with Gasteiger partial charge in [-0.3, -0.25) is 9.69 Å². The van der Waals surface area contributed by atoms with Crippen molar-refractivity contribution in [3.8, 4) is 0 Å². The molecule has 3 nitrogen and oxygen atoms in total. The van der Waals surface area contributed by atoms with Crippen molar-refractivity contribution in [2.75, 3.05) is 13.7 Å². The molecule has 3 heteroatoms. The highest BCUT2D eigenvalue weighted by Gasteiger charge is 2.26. The lowest BCUT2D eigenvalue weighted by Gasteiger charge is -2.31. The predicted molar refractivity (Wildman–Crippen MR) is 65.3 cm³/mol. The Morgan fingerprint density at radius 1 is 1.31 bits per heavy atom. The van der Waals surface area contributed by atoms with E-state index in [4.69, 9.17) is 4.74 Å². The van der Waals surface area contributed by atoms with Crippen LogP contribution < -0.4 is 0 Å². The molecule has 0 bridgehead atoms. The van der Waals surface area contributed by atoms with Crippen LogP contribution in [0, 0.1) is 0 Å². The van der Waals surface area contributed by atoms with Crippen LogP contribution in [0.3, 0.4) is 0 Å². The Morgan fingerprint density at radius 3 is 2.38 bits per heavy atom. The van der Waals surface area contributed by atoms with Gasteiger partial charge in [0.15, 0.2) is 0 Å². The molecule has 0 aliphatic heterocycles. The molecule has 1 atom stereocenters. The van der Waals surface area contributed by atoms with Crippen LogP contribution in [0.4, 0.5) is 0 Å². The maximum absolute atomic E-state index is 11.6. The molecule has 0 aromatic heterocycles. The van der Waals surface area contributed by atoms with Crippen LogP contribution in [0.1, 0.15) is 52.4 Å². The average Bonchev–Trinajstić information content (AvgIpc) is 2.56. The molecule has 16 heavy (non-hydrogen) atoms. The molecule has 0 amide bonds. The largest absolute Gasteiger partial charge is 0.465 e. The number of ether oxygens (including phenoxy) is 1. The van der Waals surface area contributed by atoms with Crippen molar-refractivity contribution in [3.05, 3.63) is 0 Å². The molecule has 1 aliphatic rings. The second-order valence-corrected chi connectivity index (χ2v) is 4.74. The highest BCUT2D eigenvalue weighted by molar-refractivity contribution is 5.75. The van der Waals surface area contributed by atoms with Crippen LogP contribution in [0.15, 0.2) is 0 Å². The Hall–Kier alpha value is -0.570. The van der Waals surface area contributed by atoms with E-state index < -0.39 is 0 Å². The Kier molecular flexibility index (Phi) is 5.81. The number of esters is 1. The third-order valence-corrected chi connectivity index (χ3v) is 3.64. The van der Waals surface area contributed by atoms with Crippen LogP contribution >= 0.6 is 0 Å². The first-order valence-corrected chi connectivity index (χ1v) is 6.55. The SMILES string of the molecule is CCOC(=O)C(C)N(C)C1CCCCCC1. The van der Waals surface area contributed by atoms with Gasteiger partial charge in [-0.15, -0.1) is 0 Å². The van der Waals surface area contributed by atoms with Crippen LogP contribution in [-0.4, -0.2) is 36.6 Å². The van der Waals surface area contributed by atoms with Gasteiger partial charge in [0.05, 0.1) is 6.61 Å². The maximum atomic E-state index is 11.6. The lowest BCUT2D eigenvalue weighted by molar-refractivity contribution is -0.149. The zero-order valence-corrected chi connectivity index (χ0v) is 10.9. The van der Waals surface area contributed by atoms with E-state index in [1.807, 2.05) is 13.8 Å². The summed E-state index contributed by atoms with van der Waals surface area (Å²) in [7, 11) is 2.05. The lowest BCUT2D eigenvalue weighted by Crippen LogP contribution is -2.43. The minimum Gasteiger partial charge on any atom is -0.465 e. The molecule has 1 fully saturated rings. The molecule has 1 rings (SSSR count). The Morgan fingerprint density at radius 2 is 1.88 bits per heavy atom. The van der Waals surface area contributed by atoms with Gasteiger partial charge in [-0.2, -0.15) is 0 Å². The Labute approximate surface area is 99.1 Å². The number of carbonyl (C=O) groups is 1. The maximum Gasteiger partial charge on any atom is 0.323 e. The van der Waals surface area contributed by atoms with Gasteiger partial charge < -0.3 is 4.74 Å². The summed E-state index contributed by atoms with van der Waals surface area (Å²) in [6, 6.07) is 0.449. The van der Waals surface area contributed by atoms with Crippen molar-refractivity contribution in [1.29, 1.82) is 0 Å². The Balaban J connectivity index is 2.47. The summed E-state index contributed by atoms with van der Waals surface area (Å²) in [6.07, 6.45) is 7.73. The molecule has 0 spiro atoms. The molecule has 0 aromatic carbocycles. The molecule has 0 saturated heterocycles. The first kappa shape index (κ1) is 13.5. The summed E-state index contributed by atoms with van der Waals surface area (Å²) in [5.41, 5.74) is 0. The summed E-state index contributed by atoms with van der Waals surface area (Å²) < 4.78 is 5.07. The number of hydrogen-bond donors (Lipinski definition) is 0. The fourth-order valence-corrected chi connectivity index (χ4v) is 2.41. The summed E-state index contributed by atoms with van der Waals surface area (Å²) >= 11 is 0. The normalized spacial score (nSPS) is 20.5. The van der Waals surface area contributed by atoms with E-state index in [9.17, 15) is 4.79 Å². The molecule has 0 radical (unpaired) electrons. The van der Waals surface area contributed by atoms with Crippen LogP contribution in [0.5, 0.6) is 0 Å². The number of nitrogens with zero attached hydrogens (tertiary/aromatic N) is 1. The van der Waals surface area contributed by atoms with Crippen LogP contribution in [0.25, 0.3) is 0 Å². The molecule has 1 saturated carbocycles. The lowest BCUT2D eigenvalue weighted by atomic mass is 10.1. The van der Waals surface area contributed by atoms with Crippen molar-refractivity contribution in [3.63, 3.8) is 0 Å². The Bertz CT molecular complexity index is 210. The summed E-state index contributed by atoms with van der Waals surface area (Å²) in [5.74, 6) is -0.0887. The molecule has 1 unspecified atom stereocenters. The first-order chi connectivity index (χ1) is 7.66. The van der Waals surface area contributed by atoms with Crippen molar-refractivity contribution in [1.82, 2.24) is 4.90 Å². The van der Waals surface area contributed by atoms with Crippen molar-refractivity contribution >= 4 is 5.97 Å². The quantitative estimate of drug-likeness (QED) is 0.546. The van der Waals surface area contributed by atoms with E-state index in [1.165, 1.54) is 38.5 Å². The van der Waals surface area contributed by atoms with Crippen molar-refractivity contribution < 1.29 is 9.53 Å². The molecular formula is C13H25NO2. The fourth-order valence-electron chi connectivity index (χ4n) is 2.41. The van der Waals surface area contributed by atoms with E-state index in [-0.39, 0.29) is 12.0 Å². The first-order valence-electron chi connectivity index (χ1n) is 6.55. The number of carbonyl (C=O) groups excluding carboxylic acids is 1. The third kappa shape index (κ3) is 3.78. The van der Waals surface area contributed by atoms with E-state index in [2.05, 4.69) is 11.9 Å². The molecular weight excluding hydrogens is 202 g/mol.